The Balaban J connectivity index is 1.72. The topological polar surface area (TPSA) is 122 Å². The first-order valence-corrected chi connectivity index (χ1v) is 13.0. The lowest BCUT2D eigenvalue weighted by atomic mass is 9.93. The van der Waals surface area contributed by atoms with Crippen LogP contribution in [0.15, 0.2) is 23.1 Å². The van der Waals surface area contributed by atoms with Gasteiger partial charge in [-0.1, -0.05) is 20.8 Å². The summed E-state index contributed by atoms with van der Waals surface area (Å²) in [6, 6.07) is 4.23. The number of amides is 1. The van der Waals surface area contributed by atoms with Gasteiger partial charge in [0.25, 0.3) is 5.69 Å². The van der Waals surface area contributed by atoms with Crippen LogP contribution in [0.25, 0.3) is 0 Å². The number of nitrogens with zero attached hydrogens (tertiary/aromatic N) is 3. The molecule has 0 aromatic heterocycles. The highest BCUT2D eigenvalue weighted by atomic mass is 32.2. The Labute approximate surface area is 195 Å². The van der Waals surface area contributed by atoms with Crippen LogP contribution in [0.4, 0.5) is 11.4 Å². The van der Waals surface area contributed by atoms with Crippen molar-refractivity contribution in [2.24, 2.45) is 11.8 Å². The average Bonchev–Trinajstić information content (AvgIpc) is 2.82. The predicted molar refractivity (Wildman–Crippen MR) is 125 cm³/mol. The lowest BCUT2D eigenvalue weighted by Crippen LogP contribution is -2.45. The monoisotopic (exact) mass is 482 g/mol. The minimum atomic E-state index is -3.83. The molecule has 0 aliphatic carbocycles. The van der Waals surface area contributed by atoms with Crippen LogP contribution in [-0.4, -0.2) is 69.0 Å². The number of piperidine rings is 1. The van der Waals surface area contributed by atoms with Crippen LogP contribution in [-0.2, 0) is 19.6 Å². The lowest BCUT2D eigenvalue weighted by molar-refractivity contribution is -0.384. The molecule has 1 aromatic carbocycles. The molecule has 0 spiro atoms. The highest BCUT2D eigenvalue weighted by Crippen LogP contribution is 2.34. The van der Waals surface area contributed by atoms with Crippen LogP contribution in [0, 0.1) is 22.0 Å². The molecule has 1 atom stereocenters. The first-order valence-electron chi connectivity index (χ1n) is 11.6. The SMILES string of the molecule is CCC(NC(=O)C1CCN(c2ccc(S(=O)(=O)N3CCOCC3)cc2[N+](=O)[O-])CC1)C(C)C. The molecule has 2 fully saturated rings. The van der Waals surface area contributed by atoms with Gasteiger partial charge in [0.1, 0.15) is 5.69 Å². The fraction of sp³-hybridized carbons (Fsp3) is 0.682. The number of hydrogen-bond acceptors (Lipinski definition) is 7. The Morgan fingerprint density at radius 3 is 2.39 bits per heavy atom. The Kier molecular flexibility index (Phi) is 8.30. The molecule has 2 heterocycles. The largest absolute Gasteiger partial charge is 0.379 e. The number of hydrogen-bond donors (Lipinski definition) is 1. The highest BCUT2D eigenvalue weighted by molar-refractivity contribution is 7.89. The van der Waals surface area contributed by atoms with E-state index >= 15 is 0 Å². The van der Waals surface area contributed by atoms with Crippen molar-refractivity contribution in [2.45, 2.75) is 51.0 Å². The van der Waals surface area contributed by atoms with Gasteiger partial charge in [-0.15, -0.1) is 0 Å². The Morgan fingerprint density at radius 1 is 1.21 bits per heavy atom. The van der Waals surface area contributed by atoms with Gasteiger partial charge < -0.3 is 15.0 Å². The molecule has 0 bridgehead atoms. The van der Waals surface area contributed by atoms with Gasteiger partial charge in [-0.2, -0.15) is 4.31 Å². The molecule has 1 N–H and O–H groups in total. The summed E-state index contributed by atoms with van der Waals surface area (Å²) in [5.41, 5.74) is 0.145. The van der Waals surface area contributed by atoms with Crippen molar-refractivity contribution >= 4 is 27.3 Å². The maximum Gasteiger partial charge on any atom is 0.293 e. The van der Waals surface area contributed by atoms with Crippen molar-refractivity contribution in [3.8, 4) is 0 Å². The third-order valence-electron chi connectivity index (χ3n) is 6.53. The number of nitro benzene ring substituents is 1. The average molecular weight is 483 g/mol. The van der Waals surface area contributed by atoms with Gasteiger partial charge in [0.15, 0.2) is 0 Å². The molecule has 0 saturated carbocycles. The molecule has 10 nitrogen and oxygen atoms in total. The summed E-state index contributed by atoms with van der Waals surface area (Å²) in [4.78, 5) is 25.7. The summed E-state index contributed by atoms with van der Waals surface area (Å²) in [5.74, 6) is 0.264. The van der Waals surface area contributed by atoms with E-state index in [0.29, 0.717) is 50.8 Å². The number of morpholine rings is 1. The number of carbonyl (C=O) groups is 1. The zero-order valence-electron chi connectivity index (χ0n) is 19.5. The summed E-state index contributed by atoms with van der Waals surface area (Å²) in [6.07, 6.45) is 2.05. The number of carbonyl (C=O) groups excluding carboxylic acids is 1. The normalized spacial score (nSPS) is 19.5. The van der Waals surface area contributed by atoms with E-state index in [1.807, 2.05) is 4.90 Å². The number of rotatable bonds is 8. The number of nitrogens with one attached hydrogen (secondary N) is 1. The molecule has 1 aromatic rings. The van der Waals surface area contributed by atoms with Gasteiger partial charge in [0, 0.05) is 44.2 Å². The van der Waals surface area contributed by atoms with Crippen molar-refractivity contribution in [1.82, 2.24) is 9.62 Å². The lowest BCUT2D eigenvalue weighted by Gasteiger charge is -2.34. The van der Waals surface area contributed by atoms with Crippen LogP contribution in [0.5, 0.6) is 0 Å². The maximum atomic E-state index is 12.9. The Bertz CT molecular complexity index is 954. The summed E-state index contributed by atoms with van der Waals surface area (Å²) >= 11 is 0. The Morgan fingerprint density at radius 2 is 1.85 bits per heavy atom. The second kappa shape index (κ2) is 10.8. The van der Waals surface area contributed by atoms with Crippen LogP contribution in [0.3, 0.4) is 0 Å². The molecule has 11 heteroatoms. The third kappa shape index (κ3) is 5.82. The quantitative estimate of drug-likeness (QED) is 0.446. The predicted octanol–water partition coefficient (Wildman–Crippen LogP) is 2.38. The number of nitro groups is 1. The molecule has 3 rings (SSSR count). The molecule has 0 radical (unpaired) electrons. The van der Waals surface area contributed by atoms with Crippen LogP contribution in [0.2, 0.25) is 0 Å². The smallest absolute Gasteiger partial charge is 0.293 e. The van der Waals surface area contributed by atoms with E-state index < -0.39 is 14.9 Å². The first kappa shape index (κ1) is 25.4. The van der Waals surface area contributed by atoms with Crippen LogP contribution in [0.1, 0.15) is 40.0 Å². The molecular weight excluding hydrogens is 448 g/mol. The number of anilines is 1. The van der Waals surface area contributed by atoms with E-state index in [1.54, 1.807) is 0 Å². The molecule has 1 unspecified atom stereocenters. The van der Waals surface area contributed by atoms with E-state index in [-0.39, 0.29) is 41.5 Å². The standard InChI is InChI=1S/C22H34N4O6S/c1-4-19(16(2)3)23-22(27)17-7-9-24(10-8-17)20-6-5-18(15-21(20)26(28)29)33(30,31)25-11-13-32-14-12-25/h5-6,15-17,19H,4,7-14H2,1-3H3,(H,23,27). The van der Waals surface area contributed by atoms with Crippen molar-refractivity contribution in [3.05, 3.63) is 28.3 Å². The summed E-state index contributed by atoms with van der Waals surface area (Å²) in [6.45, 7) is 8.26. The minimum absolute atomic E-state index is 0.0386. The van der Waals surface area contributed by atoms with Crippen molar-refractivity contribution in [3.63, 3.8) is 0 Å². The molecule has 33 heavy (non-hydrogen) atoms. The van der Waals surface area contributed by atoms with E-state index in [9.17, 15) is 23.3 Å². The number of ether oxygens (including phenoxy) is 1. The third-order valence-corrected chi connectivity index (χ3v) is 8.42. The van der Waals surface area contributed by atoms with Gasteiger partial charge in [-0.05, 0) is 37.3 Å². The maximum absolute atomic E-state index is 12.9. The highest BCUT2D eigenvalue weighted by Gasteiger charge is 2.32. The summed E-state index contributed by atoms with van der Waals surface area (Å²) in [7, 11) is -3.83. The van der Waals surface area contributed by atoms with E-state index in [0.717, 1.165) is 12.5 Å². The van der Waals surface area contributed by atoms with Crippen LogP contribution >= 0.6 is 0 Å². The van der Waals surface area contributed by atoms with E-state index in [1.165, 1.54) is 16.4 Å². The van der Waals surface area contributed by atoms with Gasteiger partial charge in [-0.25, -0.2) is 8.42 Å². The number of benzene rings is 1. The minimum Gasteiger partial charge on any atom is -0.379 e. The summed E-state index contributed by atoms with van der Waals surface area (Å²) < 4.78 is 32.3. The molecule has 2 aliphatic heterocycles. The first-order chi connectivity index (χ1) is 15.6. The van der Waals surface area contributed by atoms with Crippen LogP contribution < -0.4 is 10.2 Å². The molecular formula is C22H34N4O6S. The summed E-state index contributed by atoms with van der Waals surface area (Å²) in [5, 5.41) is 14.9. The van der Waals surface area contributed by atoms with E-state index in [2.05, 4.69) is 26.1 Å². The zero-order valence-corrected chi connectivity index (χ0v) is 20.3. The van der Waals surface area contributed by atoms with Gasteiger partial charge in [0.05, 0.1) is 23.0 Å². The van der Waals surface area contributed by atoms with Crippen molar-refractivity contribution < 1.29 is 22.9 Å². The molecule has 2 aliphatic rings. The van der Waals surface area contributed by atoms with E-state index in [4.69, 9.17) is 4.74 Å². The zero-order chi connectivity index (χ0) is 24.2. The fourth-order valence-corrected chi connectivity index (χ4v) is 5.87. The molecule has 1 amide bonds. The fourth-order valence-electron chi connectivity index (χ4n) is 4.44. The van der Waals surface area contributed by atoms with Gasteiger partial charge >= 0.3 is 0 Å². The molecule has 2 saturated heterocycles. The van der Waals surface area contributed by atoms with Crippen molar-refractivity contribution in [1.29, 1.82) is 0 Å². The van der Waals surface area contributed by atoms with Crippen molar-refractivity contribution in [2.75, 3.05) is 44.3 Å². The molecule has 184 valence electrons. The van der Waals surface area contributed by atoms with Gasteiger partial charge in [0.2, 0.25) is 15.9 Å². The van der Waals surface area contributed by atoms with Gasteiger partial charge in [-0.3, -0.25) is 14.9 Å². The Hall–Kier alpha value is -2.24. The second-order valence-corrected chi connectivity index (χ2v) is 10.9. The second-order valence-electron chi connectivity index (χ2n) is 8.95. The number of sulfonamides is 1.